The van der Waals surface area contributed by atoms with Gasteiger partial charge >= 0.3 is 12.2 Å². The number of aryl methyl sites for hydroxylation is 1. The van der Waals surface area contributed by atoms with Crippen molar-refractivity contribution in [3.63, 3.8) is 0 Å². The second kappa shape index (κ2) is 9.44. The van der Waals surface area contributed by atoms with E-state index in [-0.39, 0.29) is 5.92 Å². The van der Waals surface area contributed by atoms with Gasteiger partial charge in [0.1, 0.15) is 5.69 Å². The third-order valence-electron chi connectivity index (χ3n) is 5.16. The van der Waals surface area contributed by atoms with Gasteiger partial charge in [0.15, 0.2) is 0 Å². The number of nitrogens with one attached hydrogen (secondary N) is 2. The fraction of sp³-hybridized carbons (Fsp3) is 0.381. The van der Waals surface area contributed by atoms with E-state index in [9.17, 15) is 22.8 Å². The molecule has 2 aromatic rings. The van der Waals surface area contributed by atoms with Gasteiger partial charge in [-0.3, -0.25) is 10.1 Å². The standard InChI is InChI=1S/C21H20Cl2F3N3O2/c1-11-7-14(12-5-3-2-4-6-12)17(15(22)8-11)28-20(31)29-19(30)18-16(23)9-13(10-27-18)21(24,25)26/h7-10,12H,2-6H2,1H3,(H2,28,29,30,31). The van der Waals surface area contributed by atoms with Crippen molar-refractivity contribution < 1.29 is 22.8 Å². The minimum atomic E-state index is -4.65. The van der Waals surface area contributed by atoms with Crippen molar-refractivity contribution in [1.29, 1.82) is 0 Å². The van der Waals surface area contributed by atoms with Crippen molar-refractivity contribution in [3.8, 4) is 0 Å². The molecule has 0 unspecified atom stereocenters. The van der Waals surface area contributed by atoms with E-state index in [4.69, 9.17) is 23.2 Å². The number of halogens is 5. The van der Waals surface area contributed by atoms with E-state index < -0.39 is 34.4 Å². The van der Waals surface area contributed by atoms with Crippen LogP contribution in [0.15, 0.2) is 24.4 Å². The van der Waals surface area contributed by atoms with Crippen LogP contribution >= 0.6 is 23.2 Å². The number of anilines is 1. The Morgan fingerprint density at radius 3 is 2.35 bits per heavy atom. The first-order chi connectivity index (χ1) is 14.6. The Kier molecular flexibility index (Phi) is 7.11. The molecule has 1 fully saturated rings. The molecule has 1 saturated carbocycles. The van der Waals surface area contributed by atoms with Crippen LogP contribution < -0.4 is 10.6 Å². The zero-order valence-electron chi connectivity index (χ0n) is 16.6. The molecule has 0 saturated heterocycles. The molecule has 2 N–H and O–H groups in total. The van der Waals surface area contributed by atoms with Crippen LogP contribution in [0.5, 0.6) is 0 Å². The Balaban J connectivity index is 1.77. The number of pyridine rings is 1. The SMILES string of the molecule is Cc1cc(Cl)c(NC(=O)NC(=O)c2ncc(C(F)(F)F)cc2Cl)c(C2CCCCC2)c1. The Morgan fingerprint density at radius 1 is 1.06 bits per heavy atom. The van der Waals surface area contributed by atoms with Gasteiger partial charge in [-0.1, -0.05) is 48.5 Å². The predicted molar refractivity (Wildman–Crippen MR) is 113 cm³/mol. The quantitative estimate of drug-likeness (QED) is 0.519. The van der Waals surface area contributed by atoms with Crippen LogP contribution in [0.1, 0.15) is 65.2 Å². The second-order valence-corrected chi connectivity index (χ2v) is 8.32. The minimum Gasteiger partial charge on any atom is -0.306 e. The first kappa shape index (κ1) is 23.3. The number of imide groups is 1. The molecule has 0 atom stereocenters. The Bertz CT molecular complexity index is 1010. The van der Waals surface area contributed by atoms with Crippen LogP contribution in [0.4, 0.5) is 23.7 Å². The van der Waals surface area contributed by atoms with Gasteiger partial charge in [-0.2, -0.15) is 13.2 Å². The van der Waals surface area contributed by atoms with E-state index in [1.165, 1.54) is 0 Å². The van der Waals surface area contributed by atoms with Crippen molar-refractivity contribution in [2.45, 2.75) is 51.1 Å². The molecule has 10 heteroatoms. The summed E-state index contributed by atoms with van der Waals surface area (Å²) in [7, 11) is 0. The fourth-order valence-electron chi connectivity index (χ4n) is 3.70. The van der Waals surface area contributed by atoms with E-state index in [1.807, 2.05) is 18.3 Å². The first-order valence-corrected chi connectivity index (χ1v) is 10.5. The zero-order valence-corrected chi connectivity index (χ0v) is 18.1. The number of urea groups is 1. The van der Waals surface area contributed by atoms with Crippen LogP contribution in [-0.2, 0) is 6.18 Å². The minimum absolute atomic E-state index is 0.239. The highest BCUT2D eigenvalue weighted by atomic mass is 35.5. The molecule has 0 radical (unpaired) electrons. The Labute approximate surface area is 187 Å². The van der Waals surface area contributed by atoms with E-state index in [1.54, 1.807) is 6.07 Å². The highest BCUT2D eigenvalue weighted by molar-refractivity contribution is 6.35. The van der Waals surface area contributed by atoms with Gasteiger partial charge in [-0.15, -0.1) is 0 Å². The molecule has 1 aromatic carbocycles. The van der Waals surface area contributed by atoms with Gasteiger partial charge in [-0.25, -0.2) is 9.78 Å². The normalized spacial score (nSPS) is 14.9. The van der Waals surface area contributed by atoms with Gasteiger partial charge in [0, 0.05) is 6.20 Å². The van der Waals surface area contributed by atoms with Crippen molar-refractivity contribution in [3.05, 3.63) is 56.8 Å². The lowest BCUT2D eigenvalue weighted by Crippen LogP contribution is -2.35. The van der Waals surface area contributed by atoms with E-state index in [2.05, 4.69) is 10.3 Å². The number of nitrogens with zero attached hydrogens (tertiary/aromatic N) is 1. The third-order valence-corrected chi connectivity index (χ3v) is 5.75. The summed E-state index contributed by atoms with van der Waals surface area (Å²) in [5, 5.41) is 4.47. The predicted octanol–water partition coefficient (Wildman–Crippen LogP) is 6.73. The highest BCUT2D eigenvalue weighted by Crippen LogP contribution is 2.40. The number of carbonyl (C=O) groups is 2. The summed E-state index contributed by atoms with van der Waals surface area (Å²) >= 11 is 12.1. The number of amides is 3. The molecule has 3 amide bonds. The van der Waals surface area contributed by atoms with Gasteiger partial charge < -0.3 is 5.32 Å². The summed E-state index contributed by atoms with van der Waals surface area (Å²) < 4.78 is 38.2. The molecule has 3 rings (SSSR count). The fourth-order valence-corrected chi connectivity index (χ4v) is 4.28. The maximum Gasteiger partial charge on any atom is 0.417 e. The summed E-state index contributed by atoms with van der Waals surface area (Å²) in [6.07, 6.45) is 1.10. The largest absolute Gasteiger partial charge is 0.417 e. The van der Waals surface area contributed by atoms with Crippen LogP contribution in [0, 0.1) is 6.92 Å². The molecule has 31 heavy (non-hydrogen) atoms. The third kappa shape index (κ3) is 5.68. The molecule has 5 nitrogen and oxygen atoms in total. The summed E-state index contributed by atoms with van der Waals surface area (Å²) in [5.41, 5.74) is 0.677. The molecule has 1 aromatic heterocycles. The molecule has 0 aliphatic heterocycles. The van der Waals surface area contributed by atoms with Gasteiger partial charge in [0.05, 0.1) is 21.3 Å². The van der Waals surface area contributed by atoms with Gasteiger partial charge in [-0.05, 0) is 48.9 Å². The zero-order chi connectivity index (χ0) is 22.8. The van der Waals surface area contributed by atoms with E-state index in [0.29, 0.717) is 23.0 Å². The van der Waals surface area contributed by atoms with Crippen molar-refractivity contribution in [1.82, 2.24) is 10.3 Å². The average molecular weight is 474 g/mol. The molecular formula is C21H20Cl2F3N3O2. The van der Waals surface area contributed by atoms with Crippen molar-refractivity contribution >= 4 is 40.8 Å². The van der Waals surface area contributed by atoms with Crippen LogP contribution in [0.25, 0.3) is 0 Å². The number of hydrogen-bond donors (Lipinski definition) is 2. The summed E-state index contributed by atoms with van der Waals surface area (Å²) in [4.78, 5) is 28.2. The summed E-state index contributed by atoms with van der Waals surface area (Å²) in [6, 6.07) is 3.37. The summed E-state index contributed by atoms with van der Waals surface area (Å²) in [5.74, 6) is -0.790. The van der Waals surface area contributed by atoms with Crippen molar-refractivity contribution in [2.24, 2.45) is 0 Å². The lowest BCUT2D eigenvalue weighted by Gasteiger charge is -2.25. The second-order valence-electron chi connectivity index (χ2n) is 7.51. The topological polar surface area (TPSA) is 71.1 Å². The smallest absolute Gasteiger partial charge is 0.306 e. The molecule has 0 spiro atoms. The van der Waals surface area contributed by atoms with Gasteiger partial charge in [0.25, 0.3) is 5.91 Å². The molecule has 166 valence electrons. The molecule has 1 aliphatic rings. The van der Waals surface area contributed by atoms with Crippen molar-refractivity contribution in [2.75, 3.05) is 5.32 Å². The maximum atomic E-state index is 12.7. The number of aromatic nitrogens is 1. The lowest BCUT2D eigenvalue weighted by molar-refractivity contribution is -0.137. The molecular weight excluding hydrogens is 454 g/mol. The number of carbonyl (C=O) groups excluding carboxylic acids is 2. The summed E-state index contributed by atoms with van der Waals surface area (Å²) in [6.45, 7) is 1.91. The maximum absolute atomic E-state index is 12.7. The first-order valence-electron chi connectivity index (χ1n) is 9.71. The number of alkyl halides is 3. The Morgan fingerprint density at radius 2 is 1.74 bits per heavy atom. The highest BCUT2D eigenvalue weighted by Gasteiger charge is 2.32. The molecule has 1 aliphatic carbocycles. The van der Waals surface area contributed by atoms with Crippen LogP contribution in [0.3, 0.4) is 0 Å². The van der Waals surface area contributed by atoms with E-state index in [0.717, 1.165) is 43.2 Å². The lowest BCUT2D eigenvalue weighted by atomic mass is 9.83. The molecule has 1 heterocycles. The average Bonchev–Trinajstić information content (AvgIpc) is 2.69. The van der Waals surface area contributed by atoms with Crippen LogP contribution in [-0.4, -0.2) is 16.9 Å². The van der Waals surface area contributed by atoms with E-state index >= 15 is 0 Å². The monoisotopic (exact) mass is 473 g/mol. The van der Waals surface area contributed by atoms with Gasteiger partial charge in [0.2, 0.25) is 0 Å². The van der Waals surface area contributed by atoms with Crippen LogP contribution in [0.2, 0.25) is 10.0 Å². The number of hydrogen-bond acceptors (Lipinski definition) is 3. The number of benzene rings is 1. The Hall–Kier alpha value is -2.32. The molecule has 0 bridgehead atoms. The number of rotatable bonds is 3.